The minimum Gasteiger partial charge on any atom is -0.370 e. The van der Waals surface area contributed by atoms with Gasteiger partial charge in [0.05, 0.1) is 0 Å². The van der Waals surface area contributed by atoms with Crippen LogP contribution < -0.4 is 10.6 Å². The Hall–Kier alpha value is -1.36. The number of aryl methyl sites for hydroxylation is 1. The van der Waals surface area contributed by atoms with Gasteiger partial charge in [0, 0.05) is 31.5 Å². The molecule has 1 heterocycles. The van der Waals surface area contributed by atoms with Gasteiger partial charge in [-0.3, -0.25) is 4.79 Å². The third-order valence-electron chi connectivity index (χ3n) is 3.04. The lowest BCUT2D eigenvalue weighted by Gasteiger charge is -2.08. The number of anilines is 1. The summed E-state index contributed by atoms with van der Waals surface area (Å²) < 4.78 is 0. The van der Waals surface area contributed by atoms with Crippen molar-refractivity contribution in [3.8, 4) is 0 Å². The van der Waals surface area contributed by atoms with Crippen molar-refractivity contribution in [3.05, 3.63) is 17.0 Å². The Morgan fingerprint density at radius 1 is 1.45 bits per heavy atom. The van der Waals surface area contributed by atoms with Gasteiger partial charge < -0.3 is 10.6 Å². The molecule has 110 valence electrons. The molecule has 2 N–H and O–H groups in total. The molecule has 1 aliphatic carbocycles. The monoisotopic (exact) mass is 296 g/mol. The molecule has 0 spiro atoms. The Morgan fingerprint density at radius 3 is 2.95 bits per heavy atom. The number of carbonyl (C=O) groups excluding carboxylic acids is 1. The van der Waals surface area contributed by atoms with Crippen molar-refractivity contribution in [1.29, 1.82) is 0 Å². The van der Waals surface area contributed by atoms with E-state index in [2.05, 4.69) is 27.5 Å². The summed E-state index contributed by atoms with van der Waals surface area (Å²) in [5, 5.41) is 6.62. The van der Waals surface area contributed by atoms with Gasteiger partial charge in [0.15, 0.2) is 0 Å². The topological polar surface area (TPSA) is 66.9 Å². The van der Waals surface area contributed by atoms with Crippen molar-refractivity contribution in [1.82, 2.24) is 15.3 Å². The Balaban J connectivity index is 1.71. The second-order valence-corrected chi connectivity index (χ2v) is 5.50. The van der Waals surface area contributed by atoms with Crippen LogP contribution >= 0.6 is 11.6 Å². The van der Waals surface area contributed by atoms with Crippen LogP contribution in [0.4, 0.5) is 5.82 Å². The summed E-state index contributed by atoms with van der Waals surface area (Å²) in [7, 11) is 0. The van der Waals surface area contributed by atoms with Crippen LogP contribution in [0.2, 0.25) is 5.15 Å². The van der Waals surface area contributed by atoms with E-state index in [1.807, 2.05) is 0 Å². The smallest absolute Gasteiger partial charge is 0.220 e. The molecule has 0 atom stereocenters. The predicted octanol–water partition coefficient (Wildman–Crippen LogP) is 2.55. The number of rotatable bonds is 8. The summed E-state index contributed by atoms with van der Waals surface area (Å²) >= 11 is 5.96. The molecule has 6 heteroatoms. The standard InChI is InChI=1S/C14H21ClN4O/c1-2-4-12-18-11(15)9-13(19-12)16-8-3-5-14(20)17-10-6-7-10/h9-10H,2-8H2,1H3,(H,17,20)(H,16,18,19). The Kier molecular flexibility index (Phi) is 5.59. The van der Waals surface area contributed by atoms with Gasteiger partial charge in [-0.05, 0) is 25.7 Å². The number of hydrogen-bond acceptors (Lipinski definition) is 4. The van der Waals surface area contributed by atoms with Gasteiger partial charge >= 0.3 is 0 Å². The van der Waals surface area contributed by atoms with Crippen LogP contribution in [0.15, 0.2) is 6.07 Å². The molecule has 1 aromatic heterocycles. The van der Waals surface area contributed by atoms with Crippen molar-refractivity contribution in [2.24, 2.45) is 0 Å². The average molecular weight is 297 g/mol. The maximum absolute atomic E-state index is 11.5. The molecule has 1 aromatic rings. The maximum Gasteiger partial charge on any atom is 0.220 e. The number of nitrogens with zero attached hydrogens (tertiary/aromatic N) is 2. The molecule has 2 rings (SSSR count). The van der Waals surface area contributed by atoms with Crippen molar-refractivity contribution in [3.63, 3.8) is 0 Å². The SMILES string of the molecule is CCCc1nc(Cl)cc(NCCCC(=O)NC2CC2)n1. The fraction of sp³-hybridized carbons (Fsp3) is 0.643. The molecule has 20 heavy (non-hydrogen) atoms. The molecule has 0 unspecified atom stereocenters. The highest BCUT2D eigenvalue weighted by Gasteiger charge is 2.22. The van der Waals surface area contributed by atoms with Gasteiger partial charge in [-0.15, -0.1) is 0 Å². The molecule has 0 saturated heterocycles. The zero-order chi connectivity index (χ0) is 14.4. The Morgan fingerprint density at radius 2 is 2.25 bits per heavy atom. The molecule has 1 saturated carbocycles. The molecular weight excluding hydrogens is 276 g/mol. The van der Waals surface area contributed by atoms with Gasteiger partial charge in [0.1, 0.15) is 16.8 Å². The summed E-state index contributed by atoms with van der Waals surface area (Å²) in [5.41, 5.74) is 0. The Labute approximate surface area is 124 Å². The quantitative estimate of drug-likeness (QED) is 0.571. The van der Waals surface area contributed by atoms with E-state index in [4.69, 9.17) is 11.6 Å². The highest BCUT2D eigenvalue weighted by atomic mass is 35.5. The van der Waals surface area contributed by atoms with E-state index in [9.17, 15) is 4.79 Å². The van der Waals surface area contributed by atoms with Crippen LogP contribution in [-0.4, -0.2) is 28.5 Å². The van der Waals surface area contributed by atoms with Crippen molar-refractivity contribution in [2.45, 2.75) is 51.5 Å². The molecule has 5 nitrogen and oxygen atoms in total. The summed E-state index contributed by atoms with van der Waals surface area (Å²) in [6.07, 6.45) is 5.39. The lowest BCUT2D eigenvalue weighted by atomic mass is 10.3. The summed E-state index contributed by atoms with van der Waals surface area (Å²) in [5.74, 6) is 1.63. The highest BCUT2D eigenvalue weighted by molar-refractivity contribution is 6.29. The van der Waals surface area contributed by atoms with Crippen molar-refractivity contribution >= 4 is 23.3 Å². The lowest BCUT2D eigenvalue weighted by molar-refractivity contribution is -0.121. The minimum absolute atomic E-state index is 0.140. The van der Waals surface area contributed by atoms with E-state index in [-0.39, 0.29) is 5.91 Å². The summed E-state index contributed by atoms with van der Waals surface area (Å²) in [6, 6.07) is 2.15. The van der Waals surface area contributed by atoms with Crippen molar-refractivity contribution in [2.75, 3.05) is 11.9 Å². The normalized spacial score (nSPS) is 14.1. The first-order chi connectivity index (χ1) is 9.67. The van der Waals surface area contributed by atoms with Crippen LogP contribution in [0.25, 0.3) is 0 Å². The van der Waals surface area contributed by atoms with E-state index in [1.165, 1.54) is 0 Å². The zero-order valence-corrected chi connectivity index (χ0v) is 12.5. The number of hydrogen-bond donors (Lipinski definition) is 2. The number of aromatic nitrogens is 2. The van der Waals surface area contributed by atoms with E-state index < -0.39 is 0 Å². The fourth-order valence-corrected chi connectivity index (χ4v) is 2.08. The van der Waals surface area contributed by atoms with Gasteiger partial charge in [-0.25, -0.2) is 9.97 Å². The number of nitrogens with one attached hydrogen (secondary N) is 2. The zero-order valence-electron chi connectivity index (χ0n) is 11.8. The largest absolute Gasteiger partial charge is 0.370 e. The summed E-state index contributed by atoms with van der Waals surface area (Å²) in [4.78, 5) is 20.1. The maximum atomic E-state index is 11.5. The third-order valence-corrected chi connectivity index (χ3v) is 3.24. The van der Waals surface area contributed by atoms with E-state index in [0.29, 0.717) is 24.2 Å². The van der Waals surface area contributed by atoms with Gasteiger partial charge in [0.2, 0.25) is 5.91 Å². The molecule has 1 amide bonds. The minimum atomic E-state index is 0.140. The number of halogens is 1. The van der Waals surface area contributed by atoms with E-state index in [1.54, 1.807) is 6.07 Å². The molecular formula is C14H21ClN4O. The van der Waals surface area contributed by atoms with Crippen LogP contribution in [0.5, 0.6) is 0 Å². The number of carbonyl (C=O) groups is 1. The van der Waals surface area contributed by atoms with Crippen LogP contribution in [-0.2, 0) is 11.2 Å². The summed E-state index contributed by atoms with van der Waals surface area (Å²) in [6.45, 7) is 2.78. The molecule has 0 aliphatic heterocycles. The lowest BCUT2D eigenvalue weighted by Crippen LogP contribution is -2.25. The first kappa shape index (κ1) is 15.0. The highest BCUT2D eigenvalue weighted by Crippen LogP contribution is 2.18. The molecule has 0 aromatic carbocycles. The third kappa shape index (κ3) is 5.33. The van der Waals surface area contributed by atoms with E-state index in [0.717, 1.165) is 43.7 Å². The molecule has 1 aliphatic rings. The molecule has 0 bridgehead atoms. The van der Waals surface area contributed by atoms with Crippen LogP contribution in [0.1, 0.15) is 44.9 Å². The second kappa shape index (κ2) is 7.43. The second-order valence-electron chi connectivity index (χ2n) is 5.11. The predicted molar refractivity (Wildman–Crippen MR) is 79.9 cm³/mol. The molecule has 0 radical (unpaired) electrons. The van der Waals surface area contributed by atoms with Crippen LogP contribution in [0.3, 0.4) is 0 Å². The Bertz CT molecular complexity index is 462. The molecule has 1 fully saturated rings. The van der Waals surface area contributed by atoms with Gasteiger partial charge in [0.25, 0.3) is 0 Å². The number of amides is 1. The van der Waals surface area contributed by atoms with Gasteiger partial charge in [-0.1, -0.05) is 18.5 Å². The fourth-order valence-electron chi connectivity index (χ4n) is 1.88. The average Bonchev–Trinajstić information content (AvgIpc) is 3.18. The first-order valence-electron chi connectivity index (χ1n) is 7.24. The van der Waals surface area contributed by atoms with Crippen molar-refractivity contribution < 1.29 is 4.79 Å². The first-order valence-corrected chi connectivity index (χ1v) is 7.62. The van der Waals surface area contributed by atoms with Crippen LogP contribution in [0, 0.1) is 0 Å². The van der Waals surface area contributed by atoms with Gasteiger partial charge in [-0.2, -0.15) is 0 Å². The van der Waals surface area contributed by atoms with E-state index >= 15 is 0 Å².